The van der Waals surface area contributed by atoms with E-state index in [0.717, 1.165) is 11.5 Å². The molecule has 0 aromatic carbocycles. The average Bonchev–Trinajstić information content (AvgIpc) is 1.64. The molecule has 0 fully saturated rings. The van der Waals surface area contributed by atoms with Gasteiger partial charge in [-0.05, 0) is 0 Å². The third-order valence-electron chi connectivity index (χ3n) is 0.838. The minimum absolute atomic E-state index is 0. The second-order valence-corrected chi connectivity index (χ2v) is 1.69. The predicted molar refractivity (Wildman–Crippen MR) is 30.3 cm³/mol. The zero-order valence-corrected chi connectivity index (χ0v) is 6.82. The molecule has 0 amide bonds. The molecule has 2 nitrogen and oxygen atoms in total. The van der Waals surface area contributed by atoms with Crippen LogP contribution in [0.1, 0.15) is 11.5 Å². The summed E-state index contributed by atoms with van der Waals surface area (Å²) in [6.45, 7) is 3.77. The molecule has 1 aromatic heterocycles. The van der Waals surface area contributed by atoms with E-state index in [1.54, 1.807) is 6.07 Å². The Morgan fingerprint density at radius 2 is 2.11 bits per heavy atom. The Balaban J connectivity index is 0.000000640. The predicted octanol–water partition coefficient (Wildman–Crippen LogP) is 0.891. The van der Waals surface area contributed by atoms with Gasteiger partial charge in [-0.25, -0.2) is 0 Å². The molecule has 0 aliphatic heterocycles. The molecule has 1 heterocycles. The van der Waals surface area contributed by atoms with Crippen LogP contribution in [0.3, 0.4) is 0 Å². The number of aryl methyl sites for hydroxylation is 2. The van der Waals surface area contributed by atoms with E-state index in [0.29, 0.717) is 0 Å². The van der Waals surface area contributed by atoms with E-state index in [1.165, 1.54) is 0 Å². The Hall–Kier alpha value is -0.336. The molecule has 1 aromatic rings. The summed E-state index contributed by atoms with van der Waals surface area (Å²) in [4.78, 5) is 7.84. The average molecular weight is 158 g/mol. The smallest absolute Gasteiger partial charge is 0.0106 e. The summed E-state index contributed by atoms with van der Waals surface area (Å²) in [7, 11) is 0. The second-order valence-electron chi connectivity index (χ2n) is 1.69. The van der Waals surface area contributed by atoms with Gasteiger partial charge < -0.3 is 9.97 Å². The zero-order chi connectivity index (χ0) is 5.98. The minimum Gasteiger partial charge on any atom is -0.373 e. The van der Waals surface area contributed by atoms with E-state index in [4.69, 9.17) is 0 Å². The summed E-state index contributed by atoms with van der Waals surface area (Å²) >= 11 is 0. The fraction of sp³-hybridized carbons (Fsp3) is 0.333. The van der Waals surface area contributed by atoms with Crippen LogP contribution >= 0.6 is 0 Å². The molecule has 0 N–H and O–H groups in total. The van der Waals surface area contributed by atoms with Crippen LogP contribution in [0.25, 0.3) is 0 Å². The van der Waals surface area contributed by atoms with Crippen molar-refractivity contribution in [2.75, 3.05) is 0 Å². The normalized spacial score (nSPS) is 8.22. The third kappa shape index (κ3) is 2.63. The van der Waals surface area contributed by atoms with E-state index in [1.807, 2.05) is 13.8 Å². The van der Waals surface area contributed by atoms with E-state index in [2.05, 4.69) is 16.2 Å². The molecule has 1 rings (SSSR count). The van der Waals surface area contributed by atoms with Gasteiger partial charge in [-0.15, -0.1) is 6.07 Å². The van der Waals surface area contributed by atoms with Crippen LogP contribution in [0.15, 0.2) is 6.07 Å². The fourth-order valence-corrected chi connectivity index (χ4v) is 0.532. The van der Waals surface area contributed by atoms with Crippen molar-refractivity contribution in [2.45, 2.75) is 13.8 Å². The van der Waals surface area contributed by atoms with Gasteiger partial charge in [-0.3, -0.25) is 0 Å². The number of rotatable bonds is 0. The zero-order valence-electron chi connectivity index (χ0n) is 5.42. The Labute approximate surface area is 66.6 Å². The Bertz CT molecular complexity index is 171. The van der Waals surface area contributed by atoms with Crippen LogP contribution in [0.2, 0.25) is 0 Å². The molecule has 0 saturated heterocycles. The van der Waals surface area contributed by atoms with Crippen molar-refractivity contribution in [1.82, 2.24) is 9.97 Å². The number of hydrogen-bond acceptors (Lipinski definition) is 2. The molecule has 3 heteroatoms. The molecule has 0 unspecified atom stereocenters. The molecular weight excluding hydrogens is 151 g/mol. The van der Waals surface area contributed by atoms with Gasteiger partial charge in [-0.2, -0.15) is 0 Å². The maximum Gasteiger partial charge on any atom is 0.0106 e. The van der Waals surface area contributed by atoms with E-state index in [-0.39, 0.29) is 18.6 Å². The molecule has 0 bridgehead atoms. The van der Waals surface area contributed by atoms with Crippen molar-refractivity contribution in [1.29, 1.82) is 0 Å². The van der Waals surface area contributed by atoms with E-state index in [9.17, 15) is 0 Å². The van der Waals surface area contributed by atoms with Crippen LogP contribution in [-0.2, 0) is 18.6 Å². The van der Waals surface area contributed by atoms with Gasteiger partial charge >= 0.3 is 0 Å². The first-order valence-electron chi connectivity index (χ1n) is 2.47. The first kappa shape index (κ1) is 8.66. The maximum absolute atomic E-state index is 4.03. The van der Waals surface area contributed by atoms with Crippen molar-refractivity contribution in [2.24, 2.45) is 0 Å². The molecule has 0 aliphatic carbocycles. The summed E-state index contributed by atoms with van der Waals surface area (Å²) in [5.41, 5.74) is 0.970. The van der Waals surface area contributed by atoms with Gasteiger partial charge in [0.15, 0.2) is 0 Å². The summed E-state index contributed by atoms with van der Waals surface area (Å²) in [5.74, 6) is 0.782. The van der Waals surface area contributed by atoms with Crippen LogP contribution in [0.4, 0.5) is 0 Å². The van der Waals surface area contributed by atoms with Gasteiger partial charge in [-0.1, -0.05) is 25.7 Å². The van der Waals surface area contributed by atoms with Gasteiger partial charge in [0, 0.05) is 24.4 Å². The van der Waals surface area contributed by atoms with Crippen LogP contribution in [0.5, 0.6) is 0 Å². The standard InChI is InChI=1S/C6H7N2.V/c1-5-3-4-7-6(2)8-5;/h3H,1-2H3;/q-1;. The topological polar surface area (TPSA) is 25.8 Å². The minimum atomic E-state index is 0. The van der Waals surface area contributed by atoms with Crippen LogP contribution < -0.4 is 0 Å². The number of aromatic nitrogens is 2. The SMILES string of the molecule is Cc1c[c-]nc(C)n1.[V]. The molecule has 47 valence electrons. The molecule has 1 radical (unpaired) electrons. The summed E-state index contributed by atoms with van der Waals surface area (Å²) in [5, 5.41) is 0. The van der Waals surface area contributed by atoms with Gasteiger partial charge in [0.1, 0.15) is 0 Å². The van der Waals surface area contributed by atoms with E-state index >= 15 is 0 Å². The van der Waals surface area contributed by atoms with Crippen molar-refractivity contribution in [3.05, 3.63) is 23.8 Å². The monoisotopic (exact) mass is 158 g/mol. The van der Waals surface area contributed by atoms with Crippen molar-refractivity contribution < 1.29 is 18.6 Å². The maximum atomic E-state index is 4.03. The molecule has 0 aliphatic rings. The molecule has 0 spiro atoms. The first-order valence-corrected chi connectivity index (χ1v) is 2.47. The van der Waals surface area contributed by atoms with Crippen LogP contribution in [-0.4, -0.2) is 9.97 Å². The summed E-state index contributed by atoms with van der Waals surface area (Å²) < 4.78 is 0. The second kappa shape index (κ2) is 3.64. The van der Waals surface area contributed by atoms with Crippen molar-refractivity contribution >= 4 is 0 Å². The number of nitrogens with zero attached hydrogens (tertiary/aromatic N) is 2. The molecule has 9 heavy (non-hydrogen) atoms. The van der Waals surface area contributed by atoms with Crippen molar-refractivity contribution in [3.8, 4) is 0 Å². The fourth-order valence-electron chi connectivity index (χ4n) is 0.532. The Morgan fingerprint density at radius 1 is 1.44 bits per heavy atom. The van der Waals surface area contributed by atoms with E-state index < -0.39 is 0 Å². The van der Waals surface area contributed by atoms with Crippen molar-refractivity contribution in [3.63, 3.8) is 0 Å². The quantitative estimate of drug-likeness (QED) is 0.524. The Morgan fingerprint density at radius 3 is 2.44 bits per heavy atom. The third-order valence-corrected chi connectivity index (χ3v) is 0.838. The molecule has 0 atom stereocenters. The van der Waals surface area contributed by atoms with Gasteiger partial charge in [0.05, 0.1) is 0 Å². The summed E-state index contributed by atoms with van der Waals surface area (Å²) in [6.07, 6.45) is 2.72. The van der Waals surface area contributed by atoms with Gasteiger partial charge in [0.2, 0.25) is 0 Å². The first-order chi connectivity index (χ1) is 3.79. The number of hydrogen-bond donors (Lipinski definition) is 0. The summed E-state index contributed by atoms with van der Waals surface area (Å²) in [6, 6.07) is 1.76. The Kier molecular flexibility index (Phi) is 3.51. The van der Waals surface area contributed by atoms with Gasteiger partial charge in [0.25, 0.3) is 0 Å². The molecular formula is C6H7N2V-. The molecule has 0 saturated carbocycles. The largest absolute Gasteiger partial charge is 0.373 e. The van der Waals surface area contributed by atoms with Crippen LogP contribution in [0, 0.1) is 20.0 Å².